The average Bonchev–Trinajstić information content (AvgIpc) is 2.54. The second kappa shape index (κ2) is 6.20. The quantitative estimate of drug-likeness (QED) is 0.771. The molecule has 5 nitrogen and oxygen atoms in total. The molecule has 2 rings (SSSR count). The molecule has 5 heteroatoms. The highest BCUT2D eigenvalue weighted by molar-refractivity contribution is 5.82. The van der Waals surface area contributed by atoms with Gasteiger partial charge >= 0.3 is 0 Å². The minimum absolute atomic E-state index is 0.0342. The first kappa shape index (κ1) is 14.8. The molecule has 110 valence electrons. The van der Waals surface area contributed by atoms with E-state index in [4.69, 9.17) is 0 Å². The molecule has 0 saturated carbocycles. The predicted molar refractivity (Wildman–Crippen MR) is 77.2 cm³/mol. The summed E-state index contributed by atoms with van der Waals surface area (Å²) in [4.78, 5) is 19.3. The van der Waals surface area contributed by atoms with Gasteiger partial charge in [0.2, 0.25) is 5.91 Å². The molecule has 2 heterocycles. The number of amides is 1. The van der Waals surface area contributed by atoms with Gasteiger partial charge in [-0.05, 0) is 27.1 Å². The molecule has 2 aliphatic rings. The molecule has 0 aliphatic carbocycles. The lowest BCUT2D eigenvalue weighted by Gasteiger charge is -2.46. The van der Waals surface area contributed by atoms with E-state index < -0.39 is 0 Å². The van der Waals surface area contributed by atoms with Crippen LogP contribution in [0.25, 0.3) is 0 Å². The number of hydrogen-bond donors (Lipinski definition) is 1. The van der Waals surface area contributed by atoms with Gasteiger partial charge < -0.3 is 15.1 Å². The van der Waals surface area contributed by atoms with E-state index in [1.807, 2.05) is 6.92 Å². The third-order valence-corrected chi connectivity index (χ3v) is 4.58. The fourth-order valence-electron chi connectivity index (χ4n) is 3.37. The van der Waals surface area contributed by atoms with Crippen LogP contribution in [0.3, 0.4) is 0 Å². The van der Waals surface area contributed by atoms with Crippen LogP contribution < -0.4 is 5.32 Å². The number of rotatable bonds is 3. The van der Waals surface area contributed by atoms with Gasteiger partial charge in [0.15, 0.2) is 0 Å². The van der Waals surface area contributed by atoms with Gasteiger partial charge in [0, 0.05) is 32.2 Å². The van der Waals surface area contributed by atoms with Gasteiger partial charge in [0.05, 0.1) is 12.1 Å². The molecule has 0 aromatic carbocycles. The van der Waals surface area contributed by atoms with Crippen molar-refractivity contribution >= 4 is 5.91 Å². The Hall–Kier alpha value is -0.650. The molecule has 19 heavy (non-hydrogen) atoms. The maximum absolute atomic E-state index is 12.6. The minimum atomic E-state index is 0.0342. The molecule has 0 bridgehead atoms. The number of likely N-dealkylation sites (N-methyl/N-ethyl adjacent to an activating group) is 3. The molecule has 2 saturated heterocycles. The summed E-state index contributed by atoms with van der Waals surface area (Å²) in [5.74, 6) is 0.302. The van der Waals surface area contributed by atoms with E-state index in [0.717, 1.165) is 39.3 Å². The summed E-state index contributed by atoms with van der Waals surface area (Å²) in [5, 5.41) is 3.57. The van der Waals surface area contributed by atoms with Crippen molar-refractivity contribution in [2.75, 3.05) is 46.3 Å². The number of hydrogen-bond acceptors (Lipinski definition) is 4. The van der Waals surface area contributed by atoms with E-state index in [1.54, 1.807) is 0 Å². The summed E-state index contributed by atoms with van der Waals surface area (Å²) in [5.41, 5.74) is 0. The van der Waals surface area contributed by atoms with Crippen molar-refractivity contribution in [3.8, 4) is 0 Å². The van der Waals surface area contributed by atoms with Crippen LogP contribution in [-0.2, 0) is 4.79 Å². The first-order valence-electron chi connectivity index (χ1n) is 7.54. The topological polar surface area (TPSA) is 38.8 Å². The smallest absolute Gasteiger partial charge is 0.240 e. The fourth-order valence-corrected chi connectivity index (χ4v) is 3.37. The second-order valence-electron chi connectivity index (χ2n) is 5.79. The number of nitrogens with one attached hydrogen (secondary N) is 1. The fraction of sp³-hybridized carbons (Fsp3) is 0.929. The van der Waals surface area contributed by atoms with Crippen molar-refractivity contribution in [2.24, 2.45) is 0 Å². The largest absolute Gasteiger partial charge is 0.334 e. The van der Waals surface area contributed by atoms with Crippen molar-refractivity contribution < 1.29 is 4.79 Å². The highest BCUT2D eigenvalue weighted by Gasteiger charge is 2.42. The maximum Gasteiger partial charge on any atom is 0.240 e. The number of piperazine rings is 1. The van der Waals surface area contributed by atoms with Gasteiger partial charge in [-0.3, -0.25) is 9.69 Å². The summed E-state index contributed by atoms with van der Waals surface area (Å²) in [6, 6.07) is 0.725. The summed E-state index contributed by atoms with van der Waals surface area (Å²) in [6.45, 7) is 12.1. The molecule has 2 aliphatic heterocycles. The Balaban J connectivity index is 2.21. The van der Waals surface area contributed by atoms with Crippen LogP contribution in [0.4, 0.5) is 0 Å². The molecule has 3 unspecified atom stereocenters. The van der Waals surface area contributed by atoms with Crippen molar-refractivity contribution in [2.45, 2.75) is 38.9 Å². The van der Waals surface area contributed by atoms with Gasteiger partial charge in [0.25, 0.3) is 0 Å². The summed E-state index contributed by atoms with van der Waals surface area (Å²) in [7, 11) is 2.15. The Labute approximate surface area is 116 Å². The zero-order valence-corrected chi connectivity index (χ0v) is 12.7. The predicted octanol–water partition coefficient (Wildman–Crippen LogP) is -0.169. The first-order chi connectivity index (χ1) is 9.08. The van der Waals surface area contributed by atoms with Crippen molar-refractivity contribution in [3.05, 3.63) is 0 Å². The lowest BCUT2D eigenvalue weighted by atomic mass is 10.00. The third kappa shape index (κ3) is 2.93. The van der Waals surface area contributed by atoms with Crippen LogP contribution in [0.2, 0.25) is 0 Å². The van der Waals surface area contributed by atoms with Crippen LogP contribution in [0.15, 0.2) is 0 Å². The van der Waals surface area contributed by atoms with Gasteiger partial charge in [-0.1, -0.05) is 13.8 Å². The number of carbonyl (C=O) groups excluding carboxylic acids is 1. The molecule has 0 aromatic rings. The zero-order chi connectivity index (χ0) is 14.0. The SMILES string of the molecule is CCNC1CN(C)CCN2C(=O)C(C)N(CC)CC12. The standard InChI is InChI=1S/C14H28N4O/c1-5-15-12-9-16(4)7-8-18-13(12)10-17(6-2)11(3)14(18)19/h11-13,15H,5-10H2,1-4H3. The second-order valence-corrected chi connectivity index (χ2v) is 5.79. The van der Waals surface area contributed by atoms with E-state index in [2.05, 4.69) is 40.9 Å². The van der Waals surface area contributed by atoms with Gasteiger partial charge in [-0.25, -0.2) is 0 Å². The third-order valence-electron chi connectivity index (χ3n) is 4.58. The Bertz CT molecular complexity index is 323. The Morgan fingerprint density at radius 2 is 2.00 bits per heavy atom. The molecule has 2 fully saturated rings. The lowest BCUT2D eigenvalue weighted by Crippen LogP contribution is -2.66. The highest BCUT2D eigenvalue weighted by Crippen LogP contribution is 2.21. The van der Waals surface area contributed by atoms with E-state index in [9.17, 15) is 4.79 Å². The molecular weight excluding hydrogens is 240 g/mol. The van der Waals surface area contributed by atoms with Crippen LogP contribution in [0.5, 0.6) is 0 Å². The average molecular weight is 268 g/mol. The number of nitrogens with zero attached hydrogens (tertiary/aromatic N) is 3. The normalized spacial score (nSPS) is 34.2. The molecule has 0 aromatic heterocycles. The Kier molecular flexibility index (Phi) is 4.81. The van der Waals surface area contributed by atoms with Crippen LogP contribution >= 0.6 is 0 Å². The van der Waals surface area contributed by atoms with Gasteiger partial charge in [0.1, 0.15) is 0 Å². The molecule has 0 spiro atoms. The summed E-state index contributed by atoms with van der Waals surface area (Å²) < 4.78 is 0. The highest BCUT2D eigenvalue weighted by atomic mass is 16.2. The monoisotopic (exact) mass is 268 g/mol. The van der Waals surface area contributed by atoms with Crippen molar-refractivity contribution in [1.82, 2.24) is 20.0 Å². The zero-order valence-electron chi connectivity index (χ0n) is 12.7. The van der Waals surface area contributed by atoms with Crippen molar-refractivity contribution in [3.63, 3.8) is 0 Å². The minimum Gasteiger partial charge on any atom is -0.334 e. The lowest BCUT2D eigenvalue weighted by molar-refractivity contribution is -0.145. The van der Waals surface area contributed by atoms with Crippen LogP contribution in [-0.4, -0.2) is 85.0 Å². The van der Waals surface area contributed by atoms with E-state index in [-0.39, 0.29) is 6.04 Å². The maximum atomic E-state index is 12.6. The Morgan fingerprint density at radius 3 is 2.63 bits per heavy atom. The van der Waals surface area contributed by atoms with Gasteiger partial charge in [-0.2, -0.15) is 0 Å². The van der Waals surface area contributed by atoms with Gasteiger partial charge in [-0.15, -0.1) is 0 Å². The number of carbonyl (C=O) groups is 1. The first-order valence-corrected chi connectivity index (χ1v) is 7.54. The van der Waals surface area contributed by atoms with Crippen molar-refractivity contribution in [1.29, 1.82) is 0 Å². The molecule has 1 N–H and O–H groups in total. The molecular formula is C14H28N4O. The van der Waals surface area contributed by atoms with E-state index >= 15 is 0 Å². The van der Waals surface area contributed by atoms with E-state index in [1.165, 1.54) is 0 Å². The number of fused-ring (bicyclic) bond motifs is 1. The van der Waals surface area contributed by atoms with E-state index in [0.29, 0.717) is 18.0 Å². The summed E-state index contributed by atoms with van der Waals surface area (Å²) >= 11 is 0. The van der Waals surface area contributed by atoms with Crippen LogP contribution in [0, 0.1) is 0 Å². The van der Waals surface area contributed by atoms with Crippen LogP contribution in [0.1, 0.15) is 20.8 Å². The molecule has 1 amide bonds. The molecule has 3 atom stereocenters. The summed E-state index contributed by atoms with van der Waals surface area (Å²) in [6.07, 6.45) is 0. The molecule has 0 radical (unpaired) electrons. The Morgan fingerprint density at radius 1 is 1.26 bits per heavy atom.